The molecule has 4 heteroatoms. The zero-order valence-electron chi connectivity index (χ0n) is 15.4. The number of rotatable bonds is 6. The monoisotopic (exact) mass is 376 g/mol. The number of piperazine rings is 1. The molecule has 27 heavy (non-hydrogen) atoms. The Bertz CT molecular complexity index is 935. The standard InChI is InChI=1S/C23H24N2OS/c26-17-20(22-18-27-23-9-5-4-8-21(22)23)10-11-24-12-14-25(15-13-24)16-19-6-2-1-3-7-19/h1-9,18H,10-16H2. The molecule has 0 unspecified atom stereocenters. The molecule has 0 amide bonds. The fraction of sp³-hybridized carbons (Fsp3) is 0.304. The summed E-state index contributed by atoms with van der Waals surface area (Å²) >= 11 is 1.70. The van der Waals surface area contributed by atoms with Gasteiger partial charge in [0.05, 0.1) is 0 Å². The summed E-state index contributed by atoms with van der Waals surface area (Å²) in [6, 6.07) is 18.9. The van der Waals surface area contributed by atoms with Crippen molar-refractivity contribution in [2.75, 3.05) is 32.7 Å². The first-order chi connectivity index (χ1) is 13.3. The molecule has 0 atom stereocenters. The molecule has 0 spiro atoms. The molecule has 2 aromatic carbocycles. The van der Waals surface area contributed by atoms with Crippen molar-refractivity contribution in [2.45, 2.75) is 13.0 Å². The molecule has 0 aliphatic carbocycles. The van der Waals surface area contributed by atoms with Crippen LogP contribution in [0, 0.1) is 0 Å². The predicted molar refractivity (Wildman–Crippen MR) is 114 cm³/mol. The fourth-order valence-corrected chi connectivity index (χ4v) is 4.71. The summed E-state index contributed by atoms with van der Waals surface area (Å²) in [6.07, 6.45) is 0.767. The van der Waals surface area contributed by atoms with E-state index in [2.05, 4.69) is 63.6 Å². The Kier molecular flexibility index (Phi) is 5.81. The molecule has 1 aromatic heterocycles. The van der Waals surface area contributed by atoms with Crippen molar-refractivity contribution < 1.29 is 4.79 Å². The van der Waals surface area contributed by atoms with Crippen LogP contribution < -0.4 is 0 Å². The quantitative estimate of drug-likeness (QED) is 0.599. The summed E-state index contributed by atoms with van der Waals surface area (Å²) in [4.78, 5) is 16.6. The fourth-order valence-electron chi connectivity index (χ4n) is 3.73. The second-order valence-electron chi connectivity index (χ2n) is 7.08. The second-order valence-corrected chi connectivity index (χ2v) is 7.99. The number of carbonyl (C=O) groups excluding carboxylic acids is 1. The topological polar surface area (TPSA) is 23.6 Å². The minimum absolute atomic E-state index is 0.767. The molecule has 0 radical (unpaired) electrons. The maximum atomic E-state index is 11.6. The van der Waals surface area contributed by atoms with Crippen LogP contribution in [0.25, 0.3) is 15.7 Å². The minimum atomic E-state index is 0.767. The largest absolute Gasteiger partial charge is 0.300 e. The zero-order valence-corrected chi connectivity index (χ0v) is 16.3. The van der Waals surface area contributed by atoms with Crippen LogP contribution in [-0.4, -0.2) is 48.5 Å². The third-order valence-corrected chi connectivity index (χ3v) is 6.28. The van der Waals surface area contributed by atoms with Crippen LogP contribution in [-0.2, 0) is 11.3 Å². The third-order valence-electron chi connectivity index (χ3n) is 5.32. The lowest BCUT2D eigenvalue weighted by Crippen LogP contribution is -2.46. The summed E-state index contributed by atoms with van der Waals surface area (Å²) in [5, 5.41) is 3.27. The maximum Gasteiger partial charge on any atom is 0.128 e. The number of fused-ring (bicyclic) bond motifs is 1. The third kappa shape index (κ3) is 4.37. The molecule has 4 rings (SSSR count). The first-order valence-electron chi connectivity index (χ1n) is 9.53. The van der Waals surface area contributed by atoms with E-state index in [0.29, 0.717) is 0 Å². The van der Waals surface area contributed by atoms with Gasteiger partial charge in [0.25, 0.3) is 0 Å². The minimum Gasteiger partial charge on any atom is -0.300 e. The molecule has 1 saturated heterocycles. The summed E-state index contributed by atoms with van der Waals surface area (Å²) in [7, 11) is 0. The lowest BCUT2D eigenvalue weighted by molar-refractivity contribution is 0.129. The van der Waals surface area contributed by atoms with Gasteiger partial charge in [0.15, 0.2) is 0 Å². The van der Waals surface area contributed by atoms with Crippen LogP contribution in [0.1, 0.15) is 17.5 Å². The number of nitrogens with zero attached hydrogens (tertiary/aromatic N) is 2. The van der Waals surface area contributed by atoms with E-state index in [0.717, 1.165) is 56.8 Å². The lowest BCUT2D eigenvalue weighted by Gasteiger charge is -2.34. The zero-order chi connectivity index (χ0) is 18.5. The molecular formula is C23H24N2OS. The van der Waals surface area contributed by atoms with Crippen molar-refractivity contribution in [3.05, 3.63) is 71.1 Å². The van der Waals surface area contributed by atoms with Crippen molar-refractivity contribution in [2.24, 2.45) is 0 Å². The molecule has 3 nitrogen and oxygen atoms in total. The van der Waals surface area contributed by atoms with E-state index in [1.807, 2.05) is 12.1 Å². The number of hydrogen-bond donors (Lipinski definition) is 0. The van der Waals surface area contributed by atoms with Crippen molar-refractivity contribution in [1.29, 1.82) is 0 Å². The maximum absolute atomic E-state index is 11.6. The van der Waals surface area contributed by atoms with Gasteiger partial charge in [0.2, 0.25) is 0 Å². The first kappa shape index (κ1) is 18.1. The highest BCUT2D eigenvalue weighted by atomic mass is 32.1. The van der Waals surface area contributed by atoms with E-state index in [1.165, 1.54) is 15.6 Å². The molecule has 138 valence electrons. The predicted octanol–water partition coefficient (Wildman–Crippen LogP) is 4.32. The van der Waals surface area contributed by atoms with Gasteiger partial charge in [0.1, 0.15) is 5.94 Å². The molecule has 1 aliphatic heterocycles. The van der Waals surface area contributed by atoms with Crippen molar-refractivity contribution in [1.82, 2.24) is 9.80 Å². The van der Waals surface area contributed by atoms with Crippen LogP contribution in [0.2, 0.25) is 0 Å². The number of thiophene rings is 1. The van der Waals surface area contributed by atoms with Crippen LogP contribution in [0.5, 0.6) is 0 Å². The van der Waals surface area contributed by atoms with Gasteiger partial charge in [-0.15, -0.1) is 11.3 Å². The average Bonchev–Trinajstić information content (AvgIpc) is 3.15. The van der Waals surface area contributed by atoms with Gasteiger partial charge in [0, 0.05) is 65.9 Å². The van der Waals surface area contributed by atoms with E-state index in [-0.39, 0.29) is 0 Å². The van der Waals surface area contributed by atoms with Crippen molar-refractivity contribution in [3.63, 3.8) is 0 Å². The van der Waals surface area contributed by atoms with Gasteiger partial charge < -0.3 is 4.90 Å². The Hall–Kier alpha value is -2.23. The highest BCUT2D eigenvalue weighted by molar-refractivity contribution is 7.17. The lowest BCUT2D eigenvalue weighted by atomic mass is 10.0. The van der Waals surface area contributed by atoms with Crippen molar-refractivity contribution >= 4 is 32.9 Å². The van der Waals surface area contributed by atoms with Crippen LogP contribution in [0.3, 0.4) is 0 Å². The number of benzene rings is 2. The average molecular weight is 377 g/mol. The Morgan fingerprint density at radius 2 is 1.63 bits per heavy atom. The molecule has 2 heterocycles. The smallest absolute Gasteiger partial charge is 0.128 e. The van der Waals surface area contributed by atoms with Gasteiger partial charge in [-0.3, -0.25) is 4.90 Å². The van der Waals surface area contributed by atoms with E-state index >= 15 is 0 Å². The van der Waals surface area contributed by atoms with Gasteiger partial charge in [-0.1, -0.05) is 48.5 Å². The Morgan fingerprint density at radius 1 is 0.926 bits per heavy atom. The van der Waals surface area contributed by atoms with E-state index in [9.17, 15) is 4.79 Å². The number of hydrogen-bond acceptors (Lipinski definition) is 4. The molecule has 3 aromatic rings. The Labute approximate surface area is 164 Å². The Balaban J connectivity index is 1.31. The van der Waals surface area contributed by atoms with Gasteiger partial charge >= 0.3 is 0 Å². The summed E-state index contributed by atoms with van der Waals surface area (Å²) < 4.78 is 1.23. The van der Waals surface area contributed by atoms with Crippen LogP contribution >= 0.6 is 11.3 Å². The van der Waals surface area contributed by atoms with Crippen LogP contribution in [0.4, 0.5) is 0 Å². The molecule has 1 aliphatic rings. The van der Waals surface area contributed by atoms with Crippen LogP contribution in [0.15, 0.2) is 60.0 Å². The summed E-state index contributed by atoms with van der Waals surface area (Å²) in [5.74, 6) is 2.21. The van der Waals surface area contributed by atoms with Gasteiger partial charge in [-0.2, -0.15) is 0 Å². The van der Waals surface area contributed by atoms with Gasteiger partial charge in [-0.25, -0.2) is 4.79 Å². The van der Waals surface area contributed by atoms with E-state index in [1.54, 1.807) is 11.3 Å². The SMILES string of the molecule is O=C=C(CCN1CCN(Cc2ccccc2)CC1)c1csc2ccccc12. The Morgan fingerprint density at radius 3 is 2.41 bits per heavy atom. The molecule has 1 fully saturated rings. The summed E-state index contributed by atoms with van der Waals surface area (Å²) in [5.41, 5.74) is 3.24. The van der Waals surface area contributed by atoms with Gasteiger partial charge in [-0.05, 0) is 18.1 Å². The highest BCUT2D eigenvalue weighted by Crippen LogP contribution is 2.31. The molecule has 0 bridgehead atoms. The van der Waals surface area contributed by atoms with E-state index in [4.69, 9.17) is 0 Å². The van der Waals surface area contributed by atoms with E-state index < -0.39 is 0 Å². The molecular weight excluding hydrogens is 352 g/mol. The molecule has 0 N–H and O–H groups in total. The normalized spacial score (nSPS) is 15.7. The first-order valence-corrected chi connectivity index (χ1v) is 10.4. The highest BCUT2D eigenvalue weighted by Gasteiger charge is 2.18. The van der Waals surface area contributed by atoms with Crippen molar-refractivity contribution in [3.8, 4) is 0 Å². The molecule has 0 saturated carbocycles. The summed E-state index contributed by atoms with van der Waals surface area (Å²) in [6.45, 7) is 6.22. The second kappa shape index (κ2) is 8.64.